The molecule has 2 aromatic rings. The topological polar surface area (TPSA) is 58.0 Å². The second-order valence-electron chi connectivity index (χ2n) is 4.09. The maximum Gasteiger partial charge on any atom is 0.417 e. The van der Waals surface area contributed by atoms with Gasteiger partial charge in [-0.15, -0.1) is 0 Å². The van der Waals surface area contributed by atoms with Crippen molar-refractivity contribution >= 4 is 38.6 Å². The fourth-order valence-corrected chi connectivity index (χ4v) is 2.66. The van der Waals surface area contributed by atoms with Crippen LogP contribution in [0.2, 0.25) is 5.02 Å². The monoisotopic (exact) mass is 332 g/mol. The predicted molar refractivity (Wildman–Crippen MR) is 76.3 cm³/mol. The highest BCUT2D eigenvalue weighted by Gasteiger charge is 2.05. The van der Waals surface area contributed by atoms with Crippen molar-refractivity contribution in [2.75, 3.05) is 13.1 Å². The first-order valence-corrected chi connectivity index (χ1v) is 7.02. The Balaban J connectivity index is 0.000000169. The van der Waals surface area contributed by atoms with Gasteiger partial charge in [0.15, 0.2) is 5.58 Å². The third kappa shape index (κ3) is 3.60. The van der Waals surface area contributed by atoms with Crippen molar-refractivity contribution in [1.29, 1.82) is 0 Å². The third-order valence-electron chi connectivity index (χ3n) is 2.66. The number of hydrogen-bond donors (Lipinski definition) is 2. The van der Waals surface area contributed by atoms with Crippen LogP contribution in [0.3, 0.4) is 0 Å². The summed E-state index contributed by atoms with van der Waals surface area (Å²) >= 11 is 8.97. The summed E-state index contributed by atoms with van der Waals surface area (Å²) in [5, 5.41) is 3.81. The summed E-state index contributed by atoms with van der Waals surface area (Å²) in [6.45, 7) is 2.50. The fraction of sp³-hybridized carbons (Fsp3) is 0.417. The van der Waals surface area contributed by atoms with Gasteiger partial charge in [-0.1, -0.05) is 18.0 Å². The van der Waals surface area contributed by atoms with Crippen molar-refractivity contribution in [3.05, 3.63) is 32.2 Å². The summed E-state index contributed by atoms with van der Waals surface area (Å²) in [4.78, 5) is 13.3. The van der Waals surface area contributed by atoms with Gasteiger partial charge < -0.3 is 9.73 Å². The maximum absolute atomic E-state index is 10.8. The number of halogens is 2. The number of fused-ring (bicyclic) bond motifs is 1. The minimum Gasteiger partial charge on any atom is -0.408 e. The van der Waals surface area contributed by atoms with Crippen molar-refractivity contribution in [1.82, 2.24) is 10.3 Å². The van der Waals surface area contributed by atoms with Crippen molar-refractivity contribution in [2.45, 2.75) is 19.3 Å². The molecule has 2 N–H and O–H groups in total. The Morgan fingerprint density at radius 2 is 1.94 bits per heavy atom. The first-order chi connectivity index (χ1) is 8.66. The van der Waals surface area contributed by atoms with Gasteiger partial charge in [-0.25, -0.2) is 4.79 Å². The van der Waals surface area contributed by atoms with E-state index in [0.717, 1.165) is 4.47 Å². The molecule has 0 saturated carbocycles. The first kappa shape index (κ1) is 13.6. The van der Waals surface area contributed by atoms with Crippen LogP contribution in [0.5, 0.6) is 0 Å². The van der Waals surface area contributed by atoms with Gasteiger partial charge in [0.2, 0.25) is 0 Å². The lowest BCUT2D eigenvalue weighted by molar-refractivity contribution is 0.520. The van der Waals surface area contributed by atoms with E-state index in [9.17, 15) is 4.79 Å². The lowest BCUT2D eigenvalue weighted by Crippen LogP contribution is -2.21. The molecule has 0 spiro atoms. The molecule has 0 aliphatic carbocycles. The van der Waals surface area contributed by atoms with Crippen molar-refractivity contribution < 1.29 is 4.42 Å². The van der Waals surface area contributed by atoms with Crippen LogP contribution < -0.4 is 11.1 Å². The van der Waals surface area contributed by atoms with Crippen LogP contribution in [0, 0.1) is 0 Å². The largest absolute Gasteiger partial charge is 0.417 e. The quantitative estimate of drug-likeness (QED) is 0.778. The number of benzene rings is 1. The molecule has 18 heavy (non-hydrogen) atoms. The van der Waals surface area contributed by atoms with Gasteiger partial charge in [0, 0.05) is 15.6 Å². The standard InChI is InChI=1S/C7H3BrClNO2.C5H11N/c8-4-1-3(9)2-5-6(4)10-7(11)12-5;1-2-4-6-5-3-1/h1-2H,(H,10,11);6H,1-5H2. The molecular weight excluding hydrogens is 320 g/mol. The lowest BCUT2D eigenvalue weighted by Gasteiger charge is -2.08. The average Bonchev–Trinajstić information content (AvgIpc) is 2.73. The number of rotatable bonds is 0. The molecule has 1 aromatic carbocycles. The van der Waals surface area contributed by atoms with Gasteiger partial charge in [-0.2, -0.15) is 0 Å². The van der Waals surface area contributed by atoms with Crippen LogP contribution in [0.4, 0.5) is 0 Å². The Bertz CT molecular complexity index is 563. The zero-order chi connectivity index (χ0) is 13.0. The van der Waals surface area contributed by atoms with E-state index in [4.69, 9.17) is 16.0 Å². The minimum atomic E-state index is -0.479. The summed E-state index contributed by atoms with van der Waals surface area (Å²) < 4.78 is 5.52. The zero-order valence-electron chi connectivity index (χ0n) is 9.76. The minimum absolute atomic E-state index is 0.458. The second-order valence-corrected chi connectivity index (χ2v) is 5.38. The molecule has 0 radical (unpaired) electrons. The van der Waals surface area contributed by atoms with Crippen LogP contribution in [0.1, 0.15) is 19.3 Å². The Labute approximate surface area is 118 Å². The van der Waals surface area contributed by atoms with Crippen molar-refractivity contribution in [3.8, 4) is 0 Å². The molecule has 98 valence electrons. The molecule has 2 heterocycles. The molecule has 1 fully saturated rings. The fourth-order valence-electron chi connectivity index (χ4n) is 1.78. The Morgan fingerprint density at radius 1 is 1.22 bits per heavy atom. The predicted octanol–water partition coefficient (Wildman–Crippen LogP) is 3.30. The lowest BCUT2D eigenvalue weighted by atomic mass is 10.2. The Kier molecular flexibility index (Phi) is 4.86. The average molecular weight is 334 g/mol. The van der Waals surface area contributed by atoms with E-state index < -0.39 is 5.76 Å². The van der Waals surface area contributed by atoms with Gasteiger partial charge in [0.25, 0.3) is 0 Å². The van der Waals surface area contributed by atoms with Gasteiger partial charge in [-0.3, -0.25) is 4.98 Å². The van der Waals surface area contributed by atoms with Crippen LogP contribution in [-0.2, 0) is 0 Å². The molecule has 1 aliphatic rings. The Morgan fingerprint density at radius 3 is 2.50 bits per heavy atom. The molecule has 0 unspecified atom stereocenters. The maximum atomic E-state index is 10.8. The zero-order valence-corrected chi connectivity index (χ0v) is 12.1. The third-order valence-corrected chi connectivity index (χ3v) is 3.50. The van der Waals surface area contributed by atoms with E-state index in [1.54, 1.807) is 12.1 Å². The summed E-state index contributed by atoms with van der Waals surface area (Å²) in [5.74, 6) is -0.479. The van der Waals surface area contributed by atoms with Gasteiger partial charge in [0.1, 0.15) is 5.52 Å². The van der Waals surface area contributed by atoms with Crippen molar-refractivity contribution in [2.24, 2.45) is 0 Å². The first-order valence-electron chi connectivity index (χ1n) is 5.85. The highest BCUT2D eigenvalue weighted by molar-refractivity contribution is 9.10. The van der Waals surface area contributed by atoms with Crippen LogP contribution in [0.25, 0.3) is 11.1 Å². The van der Waals surface area contributed by atoms with E-state index in [1.165, 1.54) is 32.4 Å². The molecular formula is C12H14BrClN2O2. The number of H-pyrrole nitrogens is 1. The van der Waals surface area contributed by atoms with E-state index >= 15 is 0 Å². The van der Waals surface area contributed by atoms with E-state index in [2.05, 4.69) is 26.2 Å². The summed E-state index contributed by atoms with van der Waals surface area (Å²) in [5.41, 5.74) is 1.09. The van der Waals surface area contributed by atoms with Crippen molar-refractivity contribution in [3.63, 3.8) is 0 Å². The van der Waals surface area contributed by atoms with Gasteiger partial charge in [0.05, 0.1) is 0 Å². The molecule has 4 nitrogen and oxygen atoms in total. The van der Waals surface area contributed by atoms with E-state index in [-0.39, 0.29) is 0 Å². The highest BCUT2D eigenvalue weighted by Crippen LogP contribution is 2.25. The van der Waals surface area contributed by atoms with Crippen LogP contribution in [0.15, 0.2) is 25.8 Å². The highest BCUT2D eigenvalue weighted by atomic mass is 79.9. The van der Waals surface area contributed by atoms with Gasteiger partial charge >= 0.3 is 5.76 Å². The second kappa shape index (κ2) is 6.41. The molecule has 0 bridgehead atoms. The normalized spacial score (nSPS) is 15.2. The summed E-state index contributed by atoms with van der Waals surface area (Å²) in [6, 6.07) is 3.27. The molecule has 1 aliphatic heterocycles. The SMILES string of the molecule is C1CCNCC1.O=c1[nH]c2c(Br)cc(Cl)cc2o1. The van der Waals surface area contributed by atoms with Gasteiger partial charge in [-0.05, 0) is 47.9 Å². The van der Waals surface area contributed by atoms with E-state index in [0.29, 0.717) is 16.1 Å². The molecule has 0 amide bonds. The number of aromatic nitrogens is 1. The Hall–Kier alpha value is -0.780. The van der Waals surface area contributed by atoms with Crippen LogP contribution >= 0.6 is 27.5 Å². The van der Waals surface area contributed by atoms with E-state index in [1.807, 2.05) is 0 Å². The smallest absolute Gasteiger partial charge is 0.408 e. The number of nitrogens with one attached hydrogen (secondary N) is 2. The number of piperidine rings is 1. The molecule has 1 aromatic heterocycles. The number of hydrogen-bond acceptors (Lipinski definition) is 3. The molecule has 1 saturated heterocycles. The number of aromatic amines is 1. The summed E-state index contributed by atoms with van der Waals surface area (Å²) in [7, 11) is 0. The molecule has 0 atom stereocenters. The van der Waals surface area contributed by atoms with Crippen LogP contribution in [-0.4, -0.2) is 18.1 Å². The number of oxazole rings is 1. The molecule has 3 rings (SSSR count). The molecule has 6 heteroatoms. The summed E-state index contributed by atoms with van der Waals surface area (Å²) in [6.07, 6.45) is 4.22.